The zero-order chi connectivity index (χ0) is 12.3. The van der Waals surface area contributed by atoms with Crippen LogP contribution in [0.1, 0.15) is 11.1 Å². The molecule has 90 valence electrons. The maximum absolute atomic E-state index is 12.7. The van der Waals surface area contributed by atoms with Gasteiger partial charge in [-0.25, -0.2) is 4.99 Å². The van der Waals surface area contributed by atoms with Gasteiger partial charge in [0, 0.05) is 19.3 Å². The van der Waals surface area contributed by atoms with Crippen LogP contribution >= 0.6 is 0 Å². The Morgan fingerprint density at radius 2 is 2.00 bits per heavy atom. The summed E-state index contributed by atoms with van der Waals surface area (Å²) in [6.45, 7) is 0.791. The fourth-order valence-corrected chi connectivity index (χ4v) is 1.68. The minimum absolute atomic E-state index is 0.212. The summed E-state index contributed by atoms with van der Waals surface area (Å²) < 4.78 is 38.2. The molecule has 0 saturated heterocycles. The van der Waals surface area contributed by atoms with E-state index in [2.05, 4.69) is 4.99 Å². The highest BCUT2D eigenvalue weighted by molar-refractivity contribution is 5.57. The highest BCUT2D eigenvalue weighted by Crippen LogP contribution is 2.32. The normalized spacial score (nSPS) is 15.4. The van der Waals surface area contributed by atoms with Gasteiger partial charge in [0.1, 0.15) is 0 Å². The van der Waals surface area contributed by atoms with Gasteiger partial charge < -0.3 is 4.90 Å². The summed E-state index contributed by atoms with van der Waals surface area (Å²) in [7, 11) is 0. The standard InChI is InChI=1S/C12H11F3N2/c13-12(14,15)11-5-2-1-4-10(11)8-17-7-3-6-16-9-17/h1-6,9H,7-8H2. The van der Waals surface area contributed by atoms with E-state index in [1.807, 2.05) is 0 Å². The van der Waals surface area contributed by atoms with Crippen LogP contribution in [0, 0.1) is 0 Å². The predicted octanol–water partition coefficient (Wildman–Crippen LogP) is 3.06. The number of rotatable bonds is 2. The molecular weight excluding hydrogens is 229 g/mol. The number of halogens is 3. The Morgan fingerprint density at radius 3 is 2.65 bits per heavy atom. The molecule has 1 heterocycles. The van der Waals surface area contributed by atoms with Crippen LogP contribution in [-0.2, 0) is 12.7 Å². The molecule has 0 bridgehead atoms. The monoisotopic (exact) mass is 240 g/mol. The fourth-order valence-electron chi connectivity index (χ4n) is 1.68. The largest absolute Gasteiger partial charge is 0.416 e. The van der Waals surface area contributed by atoms with E-state index in [9.17, 15) is 13.2 Å². The molecule has 0 aliphatic carbocycles. The lowest BCUT2D eigenvalue weighted by Gasteiger charge is -2.21. The zero-order valence-corrected chi connectivity index (χ0v) is 8.98. The summed E-state index contributed by atoms with van der Waals surface area (Å²) in [5, 5.41) is 0. The van der Waals surface area contributed by atoms with E-state index < -0.39 is 11.7 Å². The summed E-state index contributed by atoms with van der Waals surface area (Å²) in [5.74, 6) is 0. The first-order chi connectivity index (χ1) is 8.07. The summed E-state index contributed by atoms with van der Waals surface area (Å²) in [6.07, 6.45) is 0.675. The summed E-state index contributed by atoms with van der Waals surface area (Å²) >= 11 is 0. The Bertz CT molecular complexity index is 449. The molecule has 0 saturated carbocycles. The Labute approximate surface area is 97.1 Å². The molecule has 2 rings (SSSR count). The third kappa shape index (κ3) is 2.87. The molecule has 1 aromatic carbocycles. The first-order valence-corrected chi connectivity index (χ1v) is 5.15. The van der Waals surface area contributed by atoms with Crippen molar-refractivity contribution in [2.24, 2.45) is 4.99 Å². The highest BCUT2D eigenvalue weighted by atomic mass is 19.4. The van der Waals surface area contributed by atoms with Crippen molar-refractivity contribution >= 4 is 6.34 Å². The van der Waals surface area contributed by atoms with Gasteiger partial charge in [0.05, 0.1) is 11.9 Å². The van der Waals surface area contributed by atoms with E-state index in [-0.39, 0.29) is 12.1 Å². The smallest absolute Gasteiger partial charge is 0.354 e. The molecule has 1 aliphatic heterocycles. The number of hydrogen-bond acceptors (Lipinski definition) is 2. The molecule has 2 nitrogen and oxygen atoms in total. The van der Waals surface area contributed by atoms with Crippen LogP contribution in [0.5, 0.6) is 0 Å². The van der Waals surface area contributed by atoms with Gasteiger partial charge in [-0.2, -0.15) is 13.2 Å². The average molecular weight is 240 g/mol. The van der Waals surface area contributed by atoms with Gasteiger partial charge in [-0.3, -0.25) is 0 Å². The van der Waals surface area contributed by atoms with Crippen molar-refractivity contribution in [1.82, 2.24) is 4.90 Å². The van der Waals surface area contributed by atoms with Gasteiger partial charge in [0.25, 0.3) is 0 Å². The van der Waals surface area contributed by atoms with Gasteiger partial charge >= 0.3 is 6.18 Å². The first-order valence-electron chi connectivity index (χ1n) is 5.15. The van der Waals surface area contributed by atoms with Crippen LogP contribution < -0.4 is 0 Å². The van der Waals surface area contributed by atoms with Gasteiger partial charge in [-0.1, -0.05) is 18.2 Å². The number of hydrogen-bond donors (Lipinski definition) is 0. The van der Waals surface area contributed by atoms with Gasteiger partial charge in [-0.05, 0) is 17.7 Å². The number of benzene rings is 1. The van der Waals surface area contributed by atoms with Gasteiger partial charge in [0.15, 0.2) is 0 Å². The van der Waals surface area contributed by atoms with Gasteiger partial charge in [0.2, 0.25) is 0 Å². The lowest BCUT2D eigenvalue weighted by molar-refractivity contribution is -0.138. The molecule has 17 heavy (non-hydrogen) atoms. The first kappa shape index (κ1) is 11.7. The van der Waals surface area contributed by atoms with E-state index >= 15 is 0 Å². The predicted molar refractivity (Wildman–Crippen MR) is 59.5 cm³/mol. The van der Waals surface area contributed by atoms with E-state index in [4.69, 9.17) is 0 Å². The summed E-state index contributed by atoms with van der Waals surface area (Å²) in [5.41, 5.74) is -0.315. The number of alkyl halides is 3. The van der Waals surface area contributed by atoms with Crippen LogP contribution in [0.2, 0.25) is 0 Å². The van der Waals surface area contributed by atoms with E-state index in [1.54, 1.807) is 29.6 Å². The lowest BCUT2D eigenvalue weighted by atomic mass is 10.1. The molecule has 0 N–H and O–H groups in total. The molecule has 0 spiro atoms. The van der Waals surface area contributed by atoms with E-state index in [0.29, 0.717) is 6.54 Å². The van der Waals surface area contributed by atoms with Crippen molar-refractivity contribution in [3.8, 4) is 0 Å². The highest BCUT2D eigenvalue weighted by Gasteiger charge is 2.33. The van der Waals surface area contributed by atoms with Crippen LogP contribution in [-0.4, -0.2) is 17.8 Å². The Kier molecular flexibility index (Phi) is 3.17. The average Bonchev–Trinajstić information content (AvgIpc) is 2.30. The number of nitrogens with zero attached hydrogens (tertiary/aromatic N) is 2. The Morgan fingerprint density at radius 1 is 1.24 bits per heavy atom. The molecule has 0 unspecified atom stereocenters. The molecule has 0 aromatic heterocycles. The quantitative estimate of drug-likeness (QED) is 0.775. The van der Waals surface area contributed by atoms with E-state index in [1.165, 1.54) is 12.1 Å². The maximum Gasteiger partial charge on any atom is 0.416 e. The third-order valence-electron chi connectivity index (χ3n) is 2.46. The summed E-state index contributed by atoms with van der Waals surface area (Å²) in [6, 6.07) is 5.61. The Balaban J connectivity index is 2.21. The van der Waals surface area contributed by atoms with Crippen LogP contribution in [0.4, 0.5) is 13.2 Å². The second-order valence-electron chi connectivity index (χ2n) is 3.73. The molecule has 1 aromatic rings. The molecule has 0 amide bonds. The fraction of sp³-hybridized carbons (Fsp3) is 0.250. The third-order valence-corrected chi connectivity index (χ3v) is 2.46. The van der Waals surface area contributed by atoms with Crippen molar-refractivity contribution in [1.29, 1.82) is 0 Å². The van der Waals surface area contributed by atoms with Crippen LogP contribution in [0.15, 0.2) is 41.5 Å². The topological polar surface area (TPSA) is 15.6 Å². The van der Waals surface area contributed by atoms with Gasteiger partial charge in [-0.15, -0.1) is 0 Å². The number of aliphatic imine (C=N–C) groups is 1. The van der Waals surface area contributed by atoms with Crippen molar-refractivity contribution in [2.75, 3.05) is 6.54 Å². The van der Waals surface area contributed by atoms with Crippen molar-refractivity contribution in [3.05, 3.63) is 47.7 Å². The zero-order valence-electron chi connectivity index (χ0n) is 8.98. The molecule has 0 fully saturated rings. The minimum Gasteiger partial charge on any atom is -0.354 e. The second kappa shape index (κ2) is 4.61. The maximum atomic E-state index is 12.7. The lowest BCUT2D eigenvalue weighted by Crippen LogP contribution is -2.24. The summed E-state index contributed by atoms with van der Waals surface area (Å²) in [4.78, 5) is 5.61. The minimum atomic E-state index is -4.31. The molecule has 1 aliphatic rings. The molecular formula is C12H11F3N2. The molecule has 0 atom stereocenters. The molecule has 5 heteroatoms. The van der Waals surface area contributed by atoms with Crippen LogP contribution in [0.25, 0.3) is 0 Å². The van der Waals surface area contributed by atoms with Crippen molar-refractivity contribution < 1.29 is 13.2 Å². The second-order valence-corrected chi connectivity index (χ2v) is 3.73. The van der Waals surface area contributed by atoms with Crippen molar-refractivity contribution in [2.45, 2.75) is 12.7 Å². The Hall–Kier alpha value is -1.78. The van der Waals surface area contributed by atoms with Crippen molar-refractivity contribution in [3.63, 3.8) is 0 Å². The molecule has 0 radical (unpaired) electrons. The van der Waals surface area contributed by atoms with Crippen LogP contribution in [0.3, 0.4) is 0 Å². The SMILES string of the molecule is FC(F)(F)c1ccccc1CN1C=NC=CC1. The van der Waals surface area contributed by atoms with E-state index in [0.717, 1.165) is 6.07 Å².